The van der Waals surface area contributed by atoms with E-state index in [0.717, 1.165) is 66.5 Å². The molecule has 3 aromatic carbocycles. The summed E-state index contributed by atoms with van der Waals surface area (Å²) >= 11 is 1.71. The summed E-state index contributed by atoms with van der Waals surface area (Å²) in [5, 5.41) is 3.21. The molecule has 0 saturated carbocycles. The van der Waals surface area contributed by atoms with Crippen LogP contribution in [0.2, 0.25) is 0 Å². The molecule has 1 aliphatic rings. The average molecular weight is 555 g/mol. The van der Waals surface area contributed by atoms with Crippen molar-refractivity contribution in [2.24, 2.45) is 0 Å². The summed E-state index contributed by atoms with van der Waals surface area (Å²) < 4.78 is 11.4. The molecule has 40 heavy (non-hydrogen) atoms. The van der Waals surface area contributed by atoms with Crippen molar-refractivity contribution in [1.82, 2.24) is 4.98 Å². The van der Waals surface area contributed by atoms with E-state index in [4.69, 9.17) is 14.5 Å². The number of aryl methyl sites for hydroxylation is 1. The highest BCUT2D eigenvalue weighted by molar-refractivity contribution is 7.14. The molecule has 0 N–H and O–H groups in total. The van der Waals surface area contributed by atoms with Crippen molar-refractivity contribution < 1.29 is 14.3 Å². The summed E-state index contributed by atoms with van der Waals surface area (Å²) in [6, 6.07) is 25.4. The minimum Gasteiger partial charge on any atom is -0.489 e. The molecule has 0 bridgehead atoms. The van der Waals surface area contributed by atoms with Gasteiger partial charge in [-0.2, -0.15) is 0 Å². The molecule has 5 nitrogen and oxygen atoms in total. The summed E-state index contributed by atoms with van der Waals surface area (Å²) in [5.74, 6) is 1.02. The number of hydrogen-bond acceptors (Lipinski definition) is 6. The Hall–Kier alpha value is -3.64. The Labute approximate surface area is 241 Å². The van der Waals surface area contributed by atoms with Crippen LogP contribution in [-0.4, -0.2) is 24.1 Å². The maximum Gasteiger partial charge on any atom is 0.306 e. The van der Waals surface area contributed by atoms with Crippen LogP contribution in [-0.2, 0) is 29.1 Å². The number of rotatable bonds is 12. The van der Waals surface area contributed by atoms with Crippen LogP contribution in [0.4, 0.5) is 5.13 Å². The Bertz CT molecular complexity index is 1380. The molecule has 208 valence electrons. The lowest BCUT2D eigenvalue weighted by Gasteiger charge is -2.25. The smallest absolute Gasteiger partial charge is 0.306 e. The van der Waals surface area contributed by atoms with Gasteiger partial charge >= 0.3 is 5.97 Å². The van der Waals surface area contributed by atoms with Gasteiger partial charge < -0.3 is 14.4 Å². The minimum atomic E-state index is -0.106. The number of benzene rings is 3. The van der Waals surface area contributed by atoms with E-state index in [-0.39, 0.29) is 11.9 Å². The van der Waals surface area contributed by atoms with Gasteiger partial charge in [-0.3, -0.25) is 4.79 Å². The molecule has 0 radical (unpaired) electrons. The van der Waals surface area contributed by atoms with Crippen LogP contribution >= 0.6 is 11.3 Å². The first-order valence-corrected chi connectivity index (χ1v) is 15.3. The summed E-state index contributed by atoms with van der Waals surface area (Å²) in [5.41, 5.74) is 7.15. The number of anilines is 1. The maximum atomic E-state index is 12.0. The van der Waals surface area contributed by atoms with Crippen molar-refractivity contribution in [3.63, 3.8) is 0 Å². The van der Waals surface area contributed by atoms with Gasteiger partial charge in [0.05, 0.1) is 18.7 Å². The second-order valence-electron chi connectivity index (χ2n) is 10.4. The summed E-state index contributed by atoms with van der Waals surface area (Å²) in [6.45, 7) is 6.82. The van der Waals surface area contributed by atoms with Crippen molar-refractivity contribution in [2.45, 2.75) is 65.0 Å². The molecule has 1 aliphatic carbocycles. The van der Waals surface area contributed by atoms with E-state index < -0.39 is 0 Å². The number of carbonyl (C=O) groups excluding carboxylic acids is 1. The second kappa shape index (κ2) is 13.6. The molecule has 1 heterocycles. The van der Waals surface area contributed by atoms with Gasteiger partial charge in [-0.05, 0) is 72.9 Å². The standard InChI is InChI=1S/C34H38N2O3S/c1-3-19-36(34-35-32(24-40-34)27-9-6-5-7-10-27)22-25-13-15-26(16-14-25)23-39-30-17-18-31-28(20-30)11-8-12-29(31)21-33(37)38-4-2/h5-7,9-10,13-18,20,24,29H,3-4,8,11-12,19,21-23H2,1-2H3. The molecule has 6 heteroatoms. The van der Waals surface area contributed by atoms with E-state index in [1.54, 1.807) is 11.3 Å². The number of nitrogens with zero attached hydrogens (tertiary/aromatic N) is 2. The normalized spacial score (nSPS) is 14.4. The van der Waals surface area contributed by atoms with Crippen molar-refractivity contribution in [3.05, 3.63) is 100 Å². The second-order valence-corrected chi connectivity index (χ2v) is 11.2. The fraction of sp³-hybridized carbons (Fsp3) is 0.353. The van der Waals surface area contributed by atoms with E-state index in [2.05, 4.69) is 77.9 Å². The fourth-order valence-corrected chi connectivity index (χ4v) is 6.27. The third-order valence-electron chi connectivity index (χ3n) is 7.40. The topological polar surface area (TPSA) is 51.7 Å². The quantitative estimate of drug-likeness (QED) is 0.165. The summed E-state index contributed by atoms with van der Waals surface area (Å²) in [4.78, 5) is 19.3. The van der Waals surface area contributed by atoms with E-state index in [0.29, 0.717) is 19.6 Å². The van der Waals surface area contributed by atoms with Gasteiger partial charge in [-0.25, -0.2) is 4.98 Å². The lowest BCUT2D eigenvalue weighted by atomic mass is 9.81. The molecular weight excluding hydrogens is 516 g/mol. The Morgan fingerprint density at radius 1 is 1.02 bits per heavy atom. The zero-order chi connectivity index (χ0) is 27.7. The molecule has 0 spiro atoms. The van der Waals surface area contributed by atoms with Crippen molar-refractivity contribution in [2.75, 3.05) is 18.1 Å². The highest BCUT2D eigenvalue weighted by Gasteiger charge is 2.23. The molecular formula is C34H38N2O3S. The number of aromatic nitrogens is 1. The van der Waals surface area contributed by atoms with Crippen molar-refractivity contribution >= 4 is 22.4 Å². The Morgan fingerprint density at radius 2 is 1.82 bits per heavy atom. The number of ether oxygens (including phenoxy) is 2. The molecule has 1 unspecified atom stereocenters. The summed E-state index contributed by atoms with van der Waals surface area (Å²) in [7, 11) is 0. The number of fused-ring (bicyclic) bond motifs is 1. The highest BCUT2D eigenvalue weighted by atomic mass is 32.1. The van der Waals surface area contributed by atoms with Gasteiger partial charge in [0.2, 0.25) is 0 Å². The molecule has 5 rings (SSSR count). The number of hydrogen-bond donors (Lipinski definition) is 0. The first kappa shape index (κ1) is 27.9. The van der Waals surface area contributed by atoms with Crippen LogP contribution in [0.5, 0.6) is 5.75 Å². The SMILES string of the molecule is CCCN(Cc1ccc(COc2ccc3c(c2)CCCC3CC(=O)OCC)cc1)c1nc(-c2ccccc2)cs1. The van der Waals surface area contributed by atoms with Crippen LogP contribution in [0.15, 0.2) is 78.2 Å². The minimum absolute atomic E-state index is 0.106. The fourth-order valence-electron chi connectivity index (χ4n) is 5.41. The molecule has 1 atom stereocenters. The lowest BCUT2D eigenvalue weighted by molar-refractivity contribution is -0.143. The van der Waals surface area contributed by atoms with Gasteiger partial charge in [0.25, 0.3) is 0 Å². The predicted octanol–water partition coefficient (Wildman–Crippen LogP) is 8.18. The van der Waals surface area contributed by atoms with Gasteiger partial charge in [-0.1, -0.05) is 67.6 Å². The monoisotopic (exact) mass is 554 g/mol. The number of thiazole rings is 1. The molecule has 1 aromatic heterocycles. The first-order valence-electron chi connectivity index (χ1n) is 14.4. The van der Waals surface area contributed by atoms with Crippen LogP contribution in [0.25, 0.3) is 11.3 Å². The van der Waals surface area contributed by atoms with Gasteiger partial charge in [0.1, 0.15) is 12.4 Å². The molecule has 0 aliphatic heterocycles. The number of esters is 1. The lowest BCUT2D eigenvalue weighted by Crippen LogP contribution is -2.23. The average Bonchev–Trinajstić information content (AvgIpc) is 3.48. The first-order chi connectivity index (χ1) is 19.6. The summed E-state index contributed by atoms with van der Waals surface area (Å²) in [6.07, 6.45) is 4.67. The van der Waals surface area contributed by atoms with Crippen molar-refractivity contribution in [3.8, 4) is 17.0 Å². The molecule has 0 saturated heterocycles. The molecule has 0 fully saturated rings. The van der Waals surface area contributed by atoms with Crippen LogP contribution in [0.3, 0.4) is 0 Å². The largest absolute Gasteiger partial charge is 0.489 e. The van der Waals surface area contributed by atoms with E-state index >= 15 is 0 Å². The molecule has 4 aromatic rings. The van der Waals surface area contributed by atoms with Crippen molar-refractivity contribution in [1.29, 1.82) is 0 Å². The zero-order valence-electron chi connectivity index (χ0n) is 23.5. The van der Waals surface area contributed by atoms with Crippen LogP contribution in [0.1, 0.15) is 67.7 Å². The predicted molar refractivity (Wildman–Crippen MR) is 163 cm³/mol. The Kier molecular flexibility index (Phi) is 9.50. The van der Waals surface area contributed by atoms with Crippen LogP contribution in [0, 0.1) is 0 Å². The maximum absolute atomic E-state index is 12.0. The Morgan fingerprint density at radius 3 is 2.60 bits per heavy atom. The van der Waals surface area contributed by atoms with Gasteiger partial charge in [-0.15, -0.1) is 11.3 Å². The third kappa shape index (κ3) is 7.11. The van der Waals surface area contributed by atoms with Gasteiger partial charge in [0.15, 0.2) is 5.13 Å². The third-order valence-corrected chi connectivity index (χ3v) is 8.30. The van der Waals surface area contributed by atoms with E-state index in [1.165, 1.54) is 16.7 Å². The zero-order valence-corrected chi connectivity index (χ0v) is 24.3. The van der Waals surface area contributed by atoms with Crippen LogP contribution < -0.4 is 9.64 Å². The van der Waals surface area contributed by atoms with Gasteiger partial charge in [0, 0.05) is 24.0 Å². The molecule has 0 amide bonds. The van der Waals surface area contributed by atoms with E-state index in [1.807, 2.05) is 19.1 Å². The number of carbonyl (C=O) groups is 1. The highest BCUT2D eigenvalue weighted by Crippen LogP contribution is 2.36. The Balaban J connectivity index is 1.18. The van der Waals surface area contributed by atoms with E-state index in [9.17, 15) is 4.79 Å².